The molecular formula is C12H20N2O5S2. The van der Waals surface area contributed by atoms with Gasteiger partial charge in [0, 0.05) is 24.0 Å². The second-order valence-corrected chi connectivity index (χ2v) is 7.49. The average Bonchev–Trinajstić information content (AvgIpc) is 2.91. The molecule has 1 rings (SSSR count). The molecule has 9 heteroatoms. The number of carbonyl (C=O) groups excluding carboxylic acids is 1. The highest BCUT2D eigenvalue weighted by atomic mass is 33.1. The van der Waals surface area contributed by atoms with Gasteiger partial charge in [0.05, 0.1) is 0 Å². The second-order valence-electron chi connectivity index (χ2n) is 4.94. The number of nitrogens with zero attached hydrogens (tertiary/aromatic N) is 1. The van der Waals surface area contributed by atoms with Crippen LogP contribution in [0.5, 0.6) is 0 Å². The molecule has 0 aliphatic carbocycles. The molecule has 0 aromatic heterocycles. The van der Waals surface area contributed by atoms with Gasteiger partial charge in [-0.05, 0) is 12.8 Å². The molecular weight excluding hydrogens is 316 g/mol. The zero-order valence-electron chi connectivity index (χ0n) is 11.7. The van der Waals surface area contributed by atoms with Crippen LogP contribution in [0.15, 0.2) is 0 Å². The molecule has 0 saturated carbocycles. The van der Waals surface area contributed by atoms with E-state index in [0.717, 1.165) is 0 Å². The Morgan fingerprint density at radius 3 is 2.48 bits per heavy atom. The van der Waals surface area contributed by atoms with Crippen LogP contribution in [0.2, 0.25) is 0 Å². The molecule has 0 radical (unpaired) electrons. The standard InChI is InChI=1S/C12H20N2O5S2/c1-7(5-20-21-6-8(13)11(16)17)10(15)14-4-2-3-9(14)12(18)19/h7-9H,2-6,13H2,1H3,(H,16,17)(H,18,19). The number of carbonyl (C=O) groups is 3. The average molecular weight is 336 g/mol. The smallest absolute Gasteiger partial charge is 0.326 e. The minimum atomic E-state index is -1.05. The molecule has 3 unspecified atom stereocenters. The van der Waals surface area contributed by atoms with Gasteiger partial charge in [-0.3, -0.25) is 9.59 Å². The van der Waals surface area contributed by atoms with Crippen LogP contribution in [0.4, 0.5) is 0 Å². The van der Waals surface area contributed by atoms with E-state index in [4.69, 9.17) is 15.9 Å². The van der Waals surface area contributed by atoms with E-state index in [1.165, 1.54) is 26.5 Å². The molecule has 21 heavy (non-hydrogen) atoms. The summed E-state index contributed by atoms with van der Waals surface area (Å²) in [5, 5.41) is 17.7. The molecule has 1 aliphatic heterocycles. The van der Waals surface area contributed by atoms with Crippen molar-refractivity contribution in [2.45, 2.75) is 31.8 Å². The van der Waals surface area contributed by atoms with Gasteiger partial charge in [0.25, 0.3) is 0 Å². The van der Waals surface area contributed by atoms with Crippen molar-refractivity contribution in [2.75, 3.05) is 18.1 Å². The van der Waals surface area contributed by atoms with Crippen molar-refractivity contribution in [2.24, 2.45) is 11.7 Å². The van der Waals surface area contributed by atoms with Crippen LogP contribution in [0, 0.1) is 5.92 Å². The van der Waals surface area contributed by atoms with Crippen molar-refractivity contribution in [3.63, 3.8) is 0 Å². The zero-order valence-corrected chi connectivity index (χ0v) is 13.4. The van der Waals surface area contributed by atoms with Gasteiger partial charge in [0.1, 0.15) is 12.1 Å². The lowest BCUT2D eigenvalue weighted by Gasteiger charge is -2.24. The summed E-state index contributed by atoms with van der Waals surface area (Å²) in [7, 11) is 2.69. The predicted octanol–water partition coefficient (Wildman–Crippen LogP) is 0.491. The number of aliphatic carboxylic acids is 2. The Balaban J connectivity index is 2.34. The fourth-order valence-corrected chi connectivity index (χ4v) is 4.44. The van der Waals surface area contributed by atoms with Crippen LogP contribution < -0.4 is 5.73 Å². The Morgan fingerprint density at radius 1 is 1.29 bits per heavy atom. The molecule has 1 amide bonds. The highest BCUT2D eigenvalue weighted by Crippen LogP contribution is 2.27. The van der Waals surface area contributed by atoms with Crippen LogP contribution in [-0.2, 0) is 14.4 Å². The van der Waals surface area contributed by atoms with Crippen LogP contribution in [0.3, 0.4) is 0 Å². The number of amides is 1. The maximum absolute atomic E-state index is 12.2. The molecule has 3 atom stereocenters. The van der Waals surface area contributed by atoms with Gasteiger partial charge in [-0.1, -0.05) is 28.5 Å². The normalized spacial score (nSPS) is 21.0. The number of rotatable bonds is 8. The molecule has 0 aromatic carbocycles. The molecule has 7 nitrogen and oxygen atoms in total. The molecule has 1 fully saturated rings. The SMILES string of the molecule is CC(CSSCC(N)C(=O)O)C(=O)N1CCCC1C(=O)O. The lowest BCUT2D eigenvalue weighted by molar-refractivity contribution is -0.149. The van der Waals surface area contributed by atoms with E-state index in [1.54, 1.807) is 6.92 Å². The Bertz CT molecular complexity index is 407. The van der Waals surface area contributed by atoms with E-state index in [0.29, 0.717) is 25.1 Å². The van der Waals surface area contributed by atoms with E-state index in [-0.39, 0.29) is 17.6 Å². The summed E-state index contributed by atoms with van der Waals surface area (Å²) in [6.45, 7) is 2.24. The Kier molecular flexibility index (Phi) is 7.33. The van der Waals surface area contributed by atoms with E-state index in [1.807, 2.05) is 0 Å². The van der Waals surface area contributed by atoms with Crippen LogP contribution in [0.1, 0.15) is 19.8 Å². The summed E-state index contributed by atoms with van der Waals surface area (Å²) in [6, 6.07) is -1.62. The summed E-state index contributed by atoms with van der Waals surface area (Å²) >= 11 is 0. The first-order valence-electron chi connectivity index (χ1n) is 6.60. The predicted molar refractivity (Wildman–Crippen MR) is 82.1 cm³/mol. The summed E-state index contributed by atoms with van der Waals surface area (Å²) in [5.41, 5.74) is 5.37. The first kappa shape index (κ1) is 18.1. The van der Waals surface area contributed by atoms with Crippen molar-refractivity contribution in [3.05, 3.63) is 0 Å². The topological polar surface area (TPSA) is 121 Å². The van der Waals surface area contributed by atoms with Gasteiger partial charge in [-0.15, -0.1) is 0 Å². The maximum Gasteiger partial charge on any atom is 0.326 e. The second kappa shape index (κ2) is 8.50. The quantitative estimate of drug-likeness (QED) is 0.432. The van der Waals surface area contributed by atoms with Gasteiger partial charge in [-0.2, -0.15) is 0 Å². The largest absolute Gasteiger partial charge is 0.480 e. The number of carboxylic acids is 2. The first-order valence-corrected chi connectivity index (χ1v) is 9.09. The van der Waals surface area contributed by atoms with Gasteiger partial charge >= 0.3 is 11.9 Å². The zero-order chi connectivity index (χ0) is 16.0. The third kappa shape index (κ3) is 5.40. The van der Waals surface area contributed by atoms with Crippen molar-refractivity contribution < 1.29 is 24.6 Å². The highest BCUT2D eigenvalue weighted by Gasteiger charge is 2.35. The first-order chi connectivity index (χ1) is 9.84. The van der Waals surface area contributed by atoms with E-state index < -0.39 is 24.0 Å². The molecule has 0 spiro atoms. The number of nitrogens with two attached hydrogens (primary N) is 1. The molecule has 120 valence electrons. The Hall–Kier alpha value is -0.930. The number of hydrogen-bond acceptors (Lipinski definition) is 6. The van der Waals surface area contributed by atoms with Crippen LogP contribution in [-0.4, -0.2) is 63.1 Å². The highest BCUT2D eigenvalue weighted by molar-refractivity contribution is 8.76. The minimum Gasteiger partial charge on any atom is -0.480 e. The summed E-state index contributed by atoms with van der Waals surface area (Å²) in [4.78, 5) is 35.3. The summed E-state index contributed by atoms with van der Waals surface area (Å²) < 4.78 is 0. The molecule has 0 bridgehead atoms. The minimum absolute atomic E-state index is 0.157. The monoisotopic (exact) mass is 336 g/mol. The molecule has 0 aromatic rings. The Labute approximate surface area is 131 Å². The molecule has 1 heterocycles. The van der Waals surface area contributed by atoms with Crippen molar-refractivity contribution in [1.82, 2.24) is 4.90 Å². The number of likely N-dealkylation sites (tertiary alicyclic amines) is 1. The van der Waals surface area contributed by atoms with Crippen LogP contribution in [0.25, 0.3) is 0 Å². The van der Waals surface area contributed by atoms with Gasteiger partial charge in [-0.25, -0.2) is 4.79 Å². The van der Waals surface area contributed by atoms with E-state index in [9.17, 15) is 14.4 Å². The van der Waals surface area contributed by atoms with Gasteiger partial charge < -0.3 is 20.8 Å². The van der Waals surface area contributed by atoms with Crippen LogP contribution >= 0.6 is 21.6 Å². The van der Waals surface area contributed by atoms with Gasteiger partial charge in [0.2, 0.25) is 5.91 Å². The van der Waals surface area contributed by atoms with E-state index >= 15 is 0 Å². The molecule has 1 saturated heterocycles. The summed E-state index contributed by atoms with van der Waals surface area (Å²) in [6.07, 6.45) is 1.22. The lowest BCUT2D eigenvalue weighted by atomic mass is 10.1. The maximum atomic E-state index is 12.2. The van der Waals surface area contributed by atoms with Gasteiger partial charge in [0.15, 0.2) is 0 Å². The fourth-order valence-electron chi connectivity index (χ4n) is 1.98. The molecule has 1 aliphatic rings. The summed E-state index contributed by atoms with van der Waals surface area (Å²) in [5.74, 6) is -1.70. The van der Waals surface area contributed by atoms with Crippen molar-refractivity contribution in [1.29, 1.82) is 0 Å². The lowest BCUT2D eigenvalue weighted by Crippen LogP contribution is -2.43. The van der Waals surface area contributed by atoms with Crippen molar-refractivity contribution in [3.8, 4) is 0 Å². The fraction of sp³-hybridized carbons (Fsp3) is 0.750. The number of carboxylic acid groups (broad SMARTS) is 2. The Morgan fingerprint density at radius 2 is 1.90 bits per heavy atom. The molecule has 4 N–H and O–H groups in total. The van der Waals surface area contributed by atoms with E-state index in [2.05, 4.69) is 0 Å². The van der Waals surface area contributed by atoms with Crippen molar-refractivity contribution >= 4 is 39.4 Å². The number of hydrogen-bond donors (Lipinski definition) is 3. The third-order valence-corrected chi connectivity index (χ3v) is 5.82. The third-order valence-electron chi connectivity index (χ3n) is 3.21.